The molecule has 0 saturated carbocycles. The average molecular weight is 300 g/mol. The first kappa shape index (κ1) is 15.8. The van der Waals surface area contributed by atoms with Gasteiger partial charge in [0.2, 0.25) is 0 Å². The van der Waals surface area contributed by atoms with Crippen molar-refractivity contribution < 1.29 is 9.53 Å². The van der Waals surface area contributed by atoms with Crippen LogP contribution < -0.4 is 5.43 Å². The summed E-state index contributed by atoms with van der Waals surface area (Å²) >= 11 is 0. The molecule has 0 spiro atoms. The fraction of sp³-hybridized carbons (Fsp3) is 0.312. The highest BCUT2D eigenvalue weighted by Crippen LogP contribution is 2.12. The van der Waals surface area contributed by atoms with Gasteiger partial charge in [-0.2, -0.15) is 10.2 Å². The Morgan fingerprint density at radius 2 is 2.09 bits per heavy atom. The van der Waals surface area contributed by atoms with E-state index in [1.165, 1.54) is 5.56 Å². The van der Waals surface area contributed by atoms with E-state index in [1.807, 2.05) is 36.7 Å². The van der Waals surface area contributed by atoms with Crippen molar-refractivity contribution in [1.82, 2.24) is 15.2 Å². The van der Waals surface area contributed by atoms with Gasteiger partial charge in [0.25, 0.3) is 0 Å². The van der Waals surface area contributed by atoms with E-state index in [0.29, 0.717) is 13.2 Å². The summed E-state index contributed by atoms with van der Waals surface area (Å²) in [5.41, 5.74) is 6.25. The summed E-state index contributed by atoms with van der Waals surface area (Å²) < 4.78 is 6.67. The van der Waals surface area contributed by atoms with Crippen LogP contribution in [0.25, 0.3) is 0 Å². The molecule has 1 heterocycles. The predicted molar refractivity (Wildman–Crippen MR) is 85.0 cm³/mol. The number of aryl methyl sites for hydroxylation is 1. The molecule has 22 heavy (non-hydrogen) atoms. The van der Waals surface area contributed by atoms with Crippen molar-refractivity contribution in [1.29, 1.82) is 0 Å². The molecule has 0 radical (unpaired) electrons. The van der Waals surface area contributed by atoms with Crippen molar-refractivity contribution in [3.63, 3.8) is 0 Å². The van der Waals surface area contributed by atoms with Crippen LogP contribution in [-0.2, 0) is 11.3 Å². The quantitative estimate of drug-likeness (QED) is 0.681. The molecule has 0 fully saturated rings. The maximum absolute atomic E-state index is 11.2. The van der Waals surface area contributed by atoms with Crippen molar-refractivity contribution >= 4 is 12.3 Å². The largest absolute Gasteiger partial charge is 0.449 e. The number of hydrogen-bond donors (Lipinski definition) is 1. The SMILES string of the molecule is CCOC(=O)N/N=C/c1c(C)nn(Cc2ccccc2)c1C. The number of aromatic nitrogens is 2. The lowest BCUT2D eigenvalue weighted by molar-refractivity contribution is 0.152. The zero-order chi connectivity index (χ0) is 15.9. The molecule has 2 rings (SSSR count). The van der Waals surface area contributed by atoms with Crippen LogP contribution >= 0.6 is 0 Å². The minimum Gasteiger partial charge on any atom is -0.449 e. The Labute approximate surface area is 129 Å². The Kier molecular flexibility index (Phi) is 5.30. The molecule has 1 amide bonds. The molecule has 1 aromatic carbocycles. The van der Waals surface area contributed by atoms with E-state index in [9.17, 15) is 4.79 Å². The number of hydrazone groups is 1. The summed E-state index contributed by atoms with van der Waals surface area (Å²) in [7, 11) is 0. The number of nitrogens with one attached hydrogen (secondary N) is 1. The highest BCUT2D eigenvalue weighted by molar-refractivity contribution is 5.83. The molecule has 0 unspecified atom stereocenters. The summed E-state index contributed by atoms with van der Waals surface area (Å²) in [6.45, 7) is 6.65. The van der Waals surface area contributed by atoms with Crippen LogP contribution in [0.3, 0.4) is 0 Å². The zero-order valence-electron chi connectivity index (χ0n) is 13.0. The lowest BCUT2D eigenvalue weighted by atomic mass is 10.2. The number of nitrogens with zero attached hydrogens (tertiary/aromatic N) is 3. The van der Waals surface area contributed by atoms with Crippen LogP contribution in [0.5, 0.6) is 0 Å². The van der Waals surface area contributed by atoms with Gasteiger partial charge >= 0.3 is 6.09 Å². The van der Waals surface area contributed by atoms with E-state index in [2.05, 4.69) is 27.8 Å². The molecule has 1 N–H and O–H groups in total. The Bertz CT molecular complexity index is 662. The molecule has 0 aliphatic heterocycles. The minimum atomic E-state index is -0.564. The maximum atomic E-state index is 11.2. The van der Waals surface area contributed by atoms with Crippen LogP contribution in [0.4, 0.5) is 4.79 Å². The Balaban J connectivity index is 2.10. The molecule has 6 nitrogen and oxygen atoms in total. The highest BCUT2D eigenvalue weighted by atomic mass is 16.5. The lowest BCUT2D eigenvalue weighted by Gasteiger charge is -2.04. The van der Waals surface area contributed by atoms with Crippen molar-refractivity contribution in [2.24, 2.45) is 5.10 Å². The van der Waals surface area contributed by atoms with E-state index >= 15 is 0 Å². The van der Waals surface area contributed by atoms with E-state index in [4.69, 9.17) is 4.74 Å². The number of ether oxygens (including phenoxy) is 1. The van der Waals surface area contributed by atoms with Gasteiger partial charge in [-0.1, -0.05) is 30.3 Å². The number of rotatable bonds is 5. The number of carbonyl (C=O) groups excluding carboxylic acids is 1. The first-order valence-corrected chi connectivity index (χ1v) is 7.15. The third kappa shape index (κ3) is 3.94. The van der Waals surface area contributed by atoms with Crippen LogP contribution in [0, 0.1) is 13.8 Å². The molecular formula is C16H20N4O2. The molecule has 0 bridgehead atoms. The molecular weight excluding hydrogens is 280 g/mol. The van der Waals surface area contributed by atoms with Gasteiger partial charge in [-0.15, -0.1) is 0 Å². The summed E-state index contributed by atoms with van der Waals surface area (Å²) in [5, 5.41) is 8.42. The first-order valence-electron chi connectivity index (χ1n) is 7.15. The summed E-state index contributed by atoms with van der Waals surface area (Å²) in [6, 6.07) is 10.1. The van der Waals surface area contributed by atoms with Gasteiger partial charge in [-0.25, -0.2) is 10.2 Å². The van der Waals surface area contributed by atoms with Crippen LogP contribution in [0.2, 0.25) is 0 Å². The summed E-state index contributed by atoms with van der Waals surface area (Å²) in [4.78, 5) is 11.2. The topological polar surface area (TPSA) is 68.5 Å². The summed E-state index contributed by atoms with van der Waals surface area (Å²) in [5.74, 6) is 0. The molecule has 2 aromatic rings. The van der Waals surface area contributed by atoms with Crippen LogP contribution in [0.1, 0.15) is 29.4 Å². The first-order chi connectivity index (χ1) is 10.6. The van der Waals surface area contributed by atoms with Gasteiger partial charge < -0.3 is 4.74 Å². The molecule has 0 atom stereocenters. The highest BCUT2D eigenvalue weighted by Gasteiger charge is 2.10. The molecule has 0 saturated heterocycles. The molecule has 0 aliphatic carbocycles. The van der Waals surface area contributed by atoms with Gasteiger partial charge in [0.05, 0.1) is 25.1 Å². The predicted octanol–water partition coefficient (Wildman–Crippen LogP) is 2.63. The van der Waals surface area contributed by atoms with Crippen molar-refractivity contribution in [3.05, 3.63) is 52.8 Å². The second kappa shape index (κ2) is 7.40. The normalized spacial score (nSPS) is 10.9. The van der Waals surface area contributed by atoms with E-state index < -0.39 is 6.09 Å². The number of carbonyl (C=O) groups is 1. The van der Waals surface area contributed by atoms with E-state index in [1.54, 1.807) is 13.1 Å². The zero-order valence-corrected chi connectivity index (χ0v) is 13.0. The van der Waals surface area contributed by atoms with Crippen molar-refractivity contribution in [2.75, 3.05) is 6.61 Å². The Hall–Kier alpha value is -2.63. The van der Waals surface area contributed by atoms with Crippen LogP contribution in [0.15, 0.2) is 35.4 Å². The van der Waals surface area contributed by atoms with Gasteiger partial charge in [-0.05, 0) is 26.3 Å². The van der Waals surface area contributed by atoms with Gasteiger partial charge in [0, 0.05) is 11.3 Å². The monoisotopic (exact) mass is 300 g/mol. The van der Waals surface area contributed by atoms with Crippen molar-refractivity contribution in [2.45, 2.75) is 27.3 Å². The molecule has 1 aromatic heterocycles. The third-order valence-electron chi connectivity index (χ3n) is 3.24. The van der Waals surface area contributed by atoms with E-state index in [-0.39, 0.29) is 0 Å². The molecule has 0 aliphatic rings. The third-order valence-corrected chi connectivity index (χ3v) is 3.24. The lowest BCUT2D eigenvalue weighted by Crippen LogP contribution is -2.18. The van der Waals surface area contributed by atoms with Crippen molar-refractivity contribution in [3.8, 4) is 0 Å². The second-order valence-electron chi connectivity index (χ2n) is 4.82. The number of benzene rings is 1. The number of amides is 1. The second-order valence-corrected chi connectivity index (χ2v) is 4.82. The maximum Gasteiger partial charge on any atom is 0.427 e. The number of hydrogen-bond acceptors (Lipinski definition) is 4. The van der Waals surface area contributed by atoms with Gasteiger partial charge in [0.15, 0.2) is 0 Å². The average Bonchev–Trinajstić information content (AvgIpc) is 2.76. The standard InChI is InChI=1S/C16H20N4O2/c1-4-22-16(21)18-17-10-15-12(2)19-20(13(15)3)11-14-8-6-5-7-9-14/h5-10H,4,11H2,1-3H3,(H,18,21)/b17-10+. The molecule has 6 heteroatoms. The van der Waals surface area contributed by atoms with Gasteiger partial charge in [-0.3, -0.25) is 4.68 Å². The summed E-state index contributed by atoms with van der Waals surface area (Å²) in [6.07, 6.45) is 1.03. The Morgan fingerprint density at radius 1 is 1.36 bits per heavy atom. The smallest absolute Gasteiger partial charge is 0.427 e. The van der Waals surface area contributed by atoms with Gasteiger partial charge in [0.1, 0.15) is 0 Å². The fourth-order valence-electron chi connectivity index (χ4n) is 2.12. The minimum absolute atomic E-state index is 0.314. The fourth-order valence-corrected chi connectivity index (χ4v) is 2.12. The molecule has 116 valence electrons. The van der Waals surface area contributed by atoms with Crippen LogP contribution in [-0.4, -0.2) is 28.7 Å². The Morgan fingerprint density at radius 3 is 2.77 bits per heavy atom. The van der Waals surface area contributed by atoms with E-state index in [0.717, 1.165) is 17.0 Å².